The lowest BCUT2D eigenvalue weighted by Crippen LogP contribution is -2.21. The topological polar surface area (TPSA) is 119 Å². The number of benzene rings is 1. The maximum absolute atomic E-state index is 11.5. The molecule has 2 amide bonds. The minimum absolute atomic E-state index is 0.00463. The van der Waals surface area contributed by atoms with Gasteiger partial charge in [0.25, 0.3) is 0 Å². The molecule has 0 bridgehead atoms. The number of methoxy groups -OCH3 is 1. The van der Waals surface area contributed by atoms with Gasteiger partial charge in [-0.1, -0.05) is 6.92 Å². The number of carbonyl (C=O) groups excluding carboxylic acids is 1. The quantitative estimate of drug-likeness (QED) is 0.429. The molecule has 0 fully saturated rings. The molecule has 0 spiro atoms. The number of amides is 2. The van der Waals surface area contributed by atoms with Gasteiger partial charge in [-0.05, 0) is 55.7 Å². The summed E-state index contributed by atoms with van der Waals surface area (Å²) in [7, 11) is 3.23. The van der Waals surface area contributed by atoms with E-state index in [9.17, 15) is 14.9 Å². The van der Waals surface area contributed by atoms with Crippen molar-refractivity contribution in [2.75, 3.05) is 26.0 Å². The van der Waals surface area contributed by atoms with Crippen LogP contribution in [0.2, 0.25) is 0 Å². The number of nitrogens with one attached hydrogen (secondary N) is 2. The number of pyridine rings is 1. The average molecular weight is 401 g/mol. The number of aryl methyl sites for hydroxylation is 1. The Morgan fingerprint density at radius 1 is 1.34 bits per heavy atom. The molecule has 29 heavy (non-hydrogen) atoms. The number of hydrogen-bond donors (Lipinski definition) is 2. The monoisotopic (exact) mass is 401 g/mol. The third-order valence-corrected chi connectivity index (χ3v) is 3.83. The van der Waals surface area contributed by atoms with Gasteiger partial charge in [-0.2, -0.15) is 4.99 Å². The Morgan fingerprint density at radius 3 is 2.59 bits per heavy atom. The van der Waals surface area contributed by atoms with Crippen molar-refractivity contribution in [2.45, 2.75) is 27.2 Å². The van der Waals surface area contributed by atoms with Gasteiger partial charge in [0, 0.05) is 25.9 Å². The zero-order valence-corrected chi connectivity index (χ0v) is 17.4. The highest BCUT2D eigenvalue weighted by atomic mass is 16.6. The molecule has 1 heterocycles. The summed E-state index contributed by atoms with van der Waals surface area (Å²) in [6, 6.07) is 8.39. The van der Waals surface area contributed by atoms with Crippen molar-refractivity contribution in [2.24, 2.45) is 4.99 Å². The van der Waals surface area contributed by atoms with Crippen LogP contribution in [0, 0.1) is 17.0 Å². The van der Waals surface area contributed by atoms with E-state index in [0.717, 1.165) is 23.3 Å². The van der Waals surface area contributed by atoms with Crippen LogP contribution in [0.1, 0.15) is 31.4 Å². The van der Waals surface area contributed by atoms with Crippen LogP contribution in [0.5, 0.6) is 5.75 Å². The smallest absolute Gasteiger partial charge is 0.341 e. The lowest BCUT2D eigenvalue weighted by atomic mass is 10.1. The van der Waals surface area contributed by atoms with Crippen molar-refractivity contribution in [3.8, 4) is 5.75 Å². The zero-order valence-electron chi connectivity index (χ0n) is 17.4. The number of hydrogen-bond acceptors (Lipinski definition) is 6. The lowest BCUT2D eigenvalue weighted by molar-refractivity contribution is -0.384. The molecule has 9 heteroatoms. The molecule has 0 aliphatic carbocycles. The van der Waals surface area contributed by atoms with Crippen LogP contribution < -0.4 is 15.4 Å². The largest absolute Gasteiger partial charge is 0.496 e. The second-order valence-corrected chi connectivity index (χ2v) is 5.99. The first-order valence-corrected chi connectivity index (χ1v) is 9.09. The first kappa shape index (κ1) is 23.5. The Morgan fingerprint density at radius 2 is 2.07 bits per heavy atom. The second-order valence-electron chi connectivity index (χ2n) is 5.99. The van der Waals surface area contributed by atoms with E-state index < -0.39 is 4.92 Å². The van der Waals surface area contributed by atoms with Crippen LogP contribution in [0.15, 0.2) is 41.5 Å². The van der Waals surface area contributed by atoms with Crippen LogP contribution in [-0.4, -0.2) is 42.4 Å². The Kier molecular flexibility index (Phi) is 9.80. The van der Waals surface area contributed by atoms with Crippen molar-refractivity contribution in [3.05, 3.63) is 57.8 Å². The van der Waals surface area contributed by atoms with Gasteiger partial charge in [0.2, 0.25) is 5.82 Å². The molecule has 1 aromatic heterocycles. The van der Waals surface area contributed by atoms with E-state index in [-0.39, 0.29) is 17.5 Å². The van der Waals surface area contributed by atoms with Crippen LogP contribution in [0.25, 0.3) is 0 Å². The molecule has 0 radical (unpaired) electrons. The fraction of sp³-hybridized carbons (Fsp3) is 0.350. The number of rotatable bonds is 6. The molecule has 9 nitrogen and oxygen atoms in total. The van der Waals surface area contributed by atoms with Crippen molar-refractivity contribution >= 4 is 23.2 Å². The molecule has 156 valence electrons. The molecule has 0 saturated heterocycles. The Hall–Kier alpha value is -3.49. The van der Waals surface area contributed by atoms with Gasteiger partial charge in [-0.15, -0.1) is 0 Å². The second kappa shape index (κ2) is 12.1. The Labute approximate surface area is 170 Å². The number of ether oxygens (including phenoxy) is 1. The number of nitro groups is 1. The molecule has 0 aliphatic rings. The fourth-order valence-electron chi connectivity index (χ4n) is 2.33. The summed E-state index contributed by atoms with van der Waals surface area (Å²) in [6.45, 7) is 6.44. The van der Waals surface area contributed by atoms with Crippen LogP contribution in [0.4, 0.5) is 16.3 Å². The predicted octanol–water partition coefficient (Wildman–Crippen LogP) is 3.96. The number of aliphatic imine (C=N–C) groups is 1. The van der Waals surface area contributed by atoms with Gasteiger partial charge in [-0.25, -0.2) is 9.78 Å². The van der Waals surface area contributed by atoms with Crippen molar-refractivity contribution < 1.29 is 14.5 Å². The van der Waals surface area contributed by atoms with Crippen molar-refractivity contribution in [1.29, 1.82) is 0 Å². The van der Waals surface area contributed by atoms with E-state index >= 15 is 0 Å². The maximum atomic E-state index is 11.5. The van der Waals surface area contributed by atoms with Crippen molar-refractivity contribution in [3.63, 3.8) is 0 Å². The van der Waals surface area contributed by atoms with Crippen LogP contribution in [0.3, 0.4) is 0 Å². The summed E-state index contributed by atoms with van der Waals surface area (Å²) in [5.74, 6) is 1.12. The molecule has 0 unspecified atom stereocenters. The third kappa shape index (κ3) is 7.57. The van der Waals surface area contributed by atoms with Gasteiger partial charge in [0.15, 0.2) is 0 Å². The van der Waals surface area contributed by atoms with E-state index in [1.54, 1.807) is 14.2 Å². The van der Waals surface area contributed by atoms with E-state index in [4.69, 9.17) is 4.74 Å². The van der Waals surface area contributed by atoms with Gasteiger partial charge in [0.05, 0.1) is 17.7 Å². The van der Waals surface area contributed by atoms with Crippen molar-refractivity contribution in [1.82, 2.24) is 10.3 Å². The van der Waals surface area contributed by atoms with Gasteiger partial charge < -0.3 is 15.4 Å². The van der Waals surface area contributed by atoms with E-state index in [1.165, 1.54) is 18.3 Å². The van der Waals surface area contributed by atoms with Gasteiger partial charge in [0.1, 0.15) is 5.75 Å². The summed E-state index contributed by atoms with van der Waals surface area (Å²) in [6.07, 6.45) is 2.40. The number of anilines is 1. The molecule has 0 atom stereocenters. The first-order chi connectivity index (χ1) is 13.8. The molecule has 2 aromatic rings. The third-order valence-electron chi connectivity index (χ3n) is 3.83. The first-order valence-electron chi connectivity index (χ1n) is 9.09. The Bertz CT molecular complexity index is 868. The average Bonchev–Trinajstić information content (AvgIpc) is 2.72. The fourth-order valence-corrected chi connectivity index (χ4v) is 2.33. The predicted molar refractivity (Wildman–Crippen MR) is 114 cm³/mol. The van der Waals surface area contributed by atoms with Gasteiger partial charge in [-0.3, -0.25) is 10.1 Å². The molecule has 2 rings (SSSR count). The van der Waals surface area contributed by atoms with E-state index in [2.05, 4.69) is 20.6 Å². The number of aromatic nitrogens is 1. The summed E-state index contributed by atoms with van der Waals surface area (Å²) >= 11 is 0. The summed E-state index contributed by atoms with van der Waals surface area (Å²) < 4.78 is 5.19. The summed E-state index contributed by atoms with van der Waals surface area (Å²) in [5.41, 5.74) is 2.66. The maximum Gasteiger partial charge on any atom is 0.341 e. The molecule has 0 aliphatic heterocycles. The Balaban J connectivity index is 0.000000326. The van der Waals surface area contributed by atoms with E-state index in [0.29, 0.717) is 12.3 Å². The highest BCUT2D eigenvalue weighted by Gasteiger charge is 2.11. The number of urea groups is 1. The highest BCUT2D eigenvalue weighted by molar-refractivity contribution is 6.04. The standard InChI is InChI=1S/C14H20N2O2.C6H7N3O2/c1-5-8-15-14(17)16-11(3)12-6-7-13(18-4)10(2)9-12;1-7-6-5(9(10)11)3-2-4-8-6/h6-7,9H,5,8H2,1-4H3,(H,15,17);2-4H,1H3,(H,7,8)/b16-11+;. The van der Waals surface area contributed by atoms with Gasteiger partial charge >= 0.3 is 11.7 Å². The minimum Gasteiger partial charge on any atom is -0.496 e. The lowest BCUT2D eigenvalue weighted by Gasteiger charge is -2.07. The van der Waals surface area contributed by atoms with Crippen LogP contribution in [-0.2, 0) is 0 Å². The number of nitrogens with zero attached hydrogens (tertiary/aromatic N) is 3. The molecular weight excluding hydrogens is 374 g/mol. The molecular formula is C20H27N5O4. The summed E-state index contributed by atoms with van der Waals surface area (Å²) in [5, 5.41) is 15.6. The molecule has 2 N–H and O–H groups in total. The van der Waals surface area contributed by atoms with E-state index in [1.807, 2.05) is 39.0 Å². The molecule has 0 saturated carbocycles. The number of carbonyl (C=O) groups is 1. The molecule has 1 aromatic carbocycles. The summed E-state index contributed by atoms with van der Waals surface area (Å²) in [4.78, 5) is 29.1. The minimum atomic E-state index is -0.473. The SMILES string of the molecule is CCCNC(=O)/N=C(\C)c1ccc(OC)c(C)c1.CNc1ncccc1[N+](=O)[O-]. The zero-order chi connectivity index (χ0) is 21.8. The normalized spacial score (nSPS) is 10.4. The van der Waals surface area contributed by atoms with Crippen LogP contribution >= 0.6 is 0 Å². The highest BCUT2D eigenvalue weighted by Crippen LogP contribution is 2.19.